The molecule has 7 nitrogen and oxygen atoms in total. The Balaban J connectivity index is 1.66. The SMILES string of the molecule is CNc1ccc(C(=O)N2CCN(c3ccccc3C=CC(=O)NO)CC2)cc1. The zero-order valence-electron chi connectivity index (χ0n) is 15.8. The van der Waals surface area contributed by atoms with Gasteiger partial charge in [-0.2, -0.15) is 0 Å². The first-order valence-electron chi connectivity index (χ1n) is 9.15. The van der Waals surface area contributed by atoms with Crippen LogP contribution in [0.15, 0.2) is 54.6 Å². The number of amides is 2. The summed E-state index contributed by atoms with van der Waals surface area (Å²) in [6.45, 7) is 2.67. The molecule has 0 unspecified atom stereocenters. The normalized spacial score (nSPS) is 14.2. The number of hydrogen-bond acceptors (Lipinski definition) is 5. The van der Waals surface area contributed by atoms with E-state index in [0.29, 0.717) is 31.7 Å². The topological polar surface area (TPSA) is 84.9 Å². The van der Waals surface area contributed by atoms with Crippen LogP contribution in [0.4, 0.5) is 11.4 Å². The molecule has 146 valence electrons. The molecule has 0 spiro atoms. The number of nitrogens with one attached hydrogen (secondary N) is 2. The first kappa shape index (κ1) is 19.4. The minimum atomic E-state index is -0.575. The number of rotatable bonds is 5. The van der Waals surface area contributed by atoms with E-state index in [0.717, 1.165) is 16.9 Å². The van der Waals surface area contributed by atoms with Crippen LogP contribution in [0.1, 0.15) is 15.9 Å². The molecule has 0 atom stereocenters. The standard InChI is InChI=1S/C21H24N4O3/c1-22-18-9-6-17(7-10-18)21(27)25-14-12-24(13-15-25)19-5-3-2-4-16(19)8-11-20(26)23-28/h2-11,22,28H,12-15H2,1H3,(H,23,26). The maximum Gasteiger partial charge on any atom is 0.267 e. The molecule has 2 aromatic carbocycles. The third-order valence-electron chi connectivity index (χ3n) is 4.79. The second-order valence-corrected chi connectivity index (χ2v) is 6.47. The number of hydrogen-bond donors (Lipinski definition) is 3. The van der Waals surface area contributed by atoms with Gasteiger partial charge in [-0.15, -0.1) is 0 Å². The number of piperazine rings is 1. The molecule has 1 saturated heterocycles. The van der Waals surface area contributed by atoms with Crippen molar-refractivity contribution in [3.05, 3.63) is 65.7 Å². The number of hydroxylamine groups is 1. The molecule has 3 N–H and O–H groups in total. The molecule has 2 amide bonds. The van der Waals surface area contributed by atoms with Crippen molar-refractivity contribution in [2.45, 2.75) is 0 Å². The summed E-state index contributed by atoms with van der Waals surface area (Å²) in [4.78, 5) is 28.0. The van der Waals surface area contributed by atoms with Crippen molar-refractivity contribution in [1.82, 2.24) is 10.4 Å². The molecule has 1 aliphatic heterocycles. The molecule has 1 heterocycles. The Morgan fingerprint density at radius 2 is 1.68 bits per heavy atom. The molecule has 3 rings (SSSR count). The van der Waals surface area contributed by atoms with Gasteiger partial charge in [0, 0.05) is 56.2 Å². The number of nitrogens with zero attached hydrogens (tertiary/aromatic N) is 2. The van der Waals surface area contributed by atoms with E-state index < -0.39 is 5.91 Å². The van der Waals surface area contributed by atoms with Crippen molar-refractivity contribution in [1.29, 1.82) is 0 Å². The Morgan fingerprint density at radius 1 is 1.00 bits per heavy atom. The van der Waals surface area contributed by atoms with Gasteiger partial charge in [0.25, 0.3) is 11.8 Å². The molecule has 7 heteroatoms. The Morgan fingerprint density at radius 3 is 2.32 bits per heavy atom. The molecule has 1 aliphatic rings. The van der Waals surface area contributed by atoms with Gasteiger partial charge in [-0.05, 0) is 42.0 Å². The van der Waals surface area contributed by atoms with Crippen LogP contribution in [0.25, 0.3) is 6.08 Å². The third kappa shape index (κ3) is 4.50. The highest BCUT2D eigenvalue weighted by molar-refractivity contribution is 5.95. The zero-order valence-corrected chi connectivity index (χ0v) is 15.8. The summed E-state index contributed by atoms with van der Waals surface area (Å²) in [6, 6.07) is 15.2. The van der Waals surface area contributed by atoms with Crippen molar-refractivity contribution in [2.24, 2.45) is 0 Å². The first-order valence-corrected chi connectivity index (χ1v) is 9.15. The van der Waals surface area contributed by atoms with Crippen LogP contribution in [-0.2, 0) is 4.79 Å². The van der Waals surface area contributed by atoms with Gasteiger partial charge >= 0.3 is 0 Å². The molecule has 28 heavy (non-hydrogen) atoms. The lowest BCUT2D eigenvalue weighted by atomic mass is 10.1. The Kier molecular flexibility index (Phi) is 6.29. The fourth-order valence-electron chi connectivity index (χ4n) is 3.23. The van der Waals surface area contributed by atoms with Crippen LogP contribution in [0, 0.1) is 0 Å². The van der Waals surface area contributed by atoms with Crippen molar-refractivity contribution in [3.8, 4) is 0 Å². The lowest BCUT2D eigenvalue weighted by Gasteiger charge is -2.36. The van der Waals surface area contributed by atoms with E-state index in [4.69, 9.17) is 5.21 Å². The van der Waals surface area contributed by atoms with E-state index in [-0.39, 0.29) is 5.91 Å². The summed E-state index contributed by atoms with van der Waals surface area (Å²) < 4.78 is 0. The van der Waals surface area contributed by atoms with Crippen LogP contribution in [-0.4, -0.2) is 55.1 Å². The average Bonchev–Trinajstić information content (AvgIpc) is 2.77. The highest BCUT2D eigenvalue weighted by Gasteiger charge is 2.23. The van der Waals surface area contributed by atoms with Crippen LogP contribution in [0.3, 0.4) is 0 Å². The van der Waals surface area contributed by atoms with Crippen LogP contribution >= 0.6 is 0 Å². The van der Waals surface area contributed by atoms with Gasteiger partial charge in [-0.25, -0.2) is 5.48 Å². The molecule has 0 bridgehead atoms. The second kappa shape index (κ2) is 9.05. The molecule has 0 aromatic heterocycles. The number of carbonyl (C=O) groups is 2. The van der Waals surface area contributed by atoms with Gasteiger partial charge in [0.1, 0.15) is 0 Å². The molecule has 0 saturated carbocycles. The molecule has 1 fully saturated rings. The summed E-state index contributed by atoms with van der Waals surface area (Å²) in [6.07, 6.45) is 2.95. The average molecular weight is 380 g/mol. The van der Waals surface area contributed by atoms with Gasteiger partial charge in [-0.1, -0.05) is 18.2 Å². The Hall–Kier alpha value is -3.32. The number of carbonyl (C=O) groups excluding carboxylic acids is 2. The molecule has 0 radical (unpaired) electrons. The summed E-state index contributed by atoms with van der Waals surface area (Å²) in [5.74, 6) is -0.537. The highest BCUT2D eigenvalue weighted by Crippen LogP contribution is 2.23. The maximum absolute atomic E-state index is 12.7. The van der Waals surface area contributed by atoms with E-state index in [1.54, 1.807) is 11.6 Å². The number of anilines is 2. The lowest BCUT2D eigenvalue weighted by molar-refractivity contribution is -0.124. The molecular formula is C21H24N4O3. The lowest BCUT2D eigenvalue weighted by Crippen LogP contribution is -2.49. The van der Waals surface area contributed by atoms with Crippen molar-refractivity contribution in [3.63, 3.8) is 0 Å². The summed E-state index contributed by atoms with van der Waals surface area (Å²) in [7, 11) is 1.85. The van der Waals surface area contributed by atoms with Crippen molar-refractivity contribution in [2.75, 3.05) is 43.4 Å². The van der Waals surface area contributed by atoms with E-state index >= 15 is 0 Å². The van der Waals surface area contributed by atoms with Gasteiger partial charge < -0.3 is 15.1 Å². The number of benzene rings is 2. The minimum Gasteiger partial charge on any atom is -0.388 e. The number of para-hydroxylation sites is 1. The van der Waals surface area contributed by atoms with E-state index in [2.05, 4.69) is 10.2 Å². The fourth-order valence-corrected chi connectivity index (χ4v) is 3.23. The first-order chi connectivity index (χ1) is 13.6. The second-order valence-electron chi connectivity index (χ2n) is 6.47. The highest BCUT2D eigenvalue weighted by atomic mass is 16.5. The molecule has 0 aliphatic carbocycles. The van der Waals surface area contributed by atoms with Gasteiger partial charge in [0.2, 0.25) is 0 Å². The van der Waals surface area contributed by atoms with E-state index in [1.165, 1.54) is 6.08 Å². The summed E-state index contributed by atoms with van der Waals surface area (Å²) in [5.41, 5.74) is 5.12. The monoisotopic (exact) mass is 380 g/mol. The van der Waals surface area contributed by atoms with Crippen LogP contribution < -0.4 is 15.7 Å². The van der Waals surface area contributed by atoms with E-state index in [1.807, 2.05) is 60.5 Å². The fraction of sp³-hybridized carbons (Fsp3) is 0.238. The molecular weight excluding hydrogens is 356 g/mol. The van der Waals surface area contributed by atoms with Gasteiger partial charge in [-0.3, -0.25) is 14.8 Å². The summed E-state index contributed by atoms with van der Waals surface area (Å²) in [5, 5.41) is 11.7. The smallest absolute Gasteiger partial charge is 0.267 e. The van der Waals surface area contributed by atoms with Crippen molar-refractivity contribution < 1.29 is 14.8 Å². The zero-order chi connectivity index (χ0) is 19.9. The quantitative estimate of drug-likeness (QED) is 0.421. The van der Waals surface area contributed by atoms with Gasteiger partial charge in [0.05, 0.1) is 0 Å². The Labute approximate surface area is 164 Å². The van der Waals surface area contributed by atoms with E-state index in [9.17, 15) is 9.59 Å². The minimum absolute atomic E-state index is 0.0371. The molecule has 2 aromatic rings. The Bertz CT molecular complexity index is 856. The van der Waals surface area contributed by atoms with Crippen LogP contribution in [0.5, 0.6) is 0 Å². The largest absolute Gasteiger partial charge is 0.388 e. The van der Waals surface area contributed by atoms with Gasteiger partial charge in [0.15, 0.2) is 0 Å². The third-order valence-corrected chi connectivity index (χ3v) is 4.79. The summed E-state index contributed by atoms with van der Waals surface area (Å²) >= 11 is 0. The van der Waals surface area contributed by atoms with Crippen LogP contribution in [0.2, 0.25) is 0 Å². The van der Waals surface area contributed by atoms with Crippen molar-refractivity contribution >= 4 is 29.3 Å². The predicted molar refractivity (Wildman–Crippen MR) is 110 cm³/mol. The maximum atomic E-state index is 12.7. The predicted octanol–water partition coefficient (Wildman–Crippen LogP) is 2.21.